The molecule has 1 aromatic carbocycles. The third-order valence-corrected chi connectivity index (χ3v) is 3.66. The fourth-order valence-electron chi connectivity index (χ4n) is 2.54. The van der Waals surface area contributed by atoms with Crippen molar-refractivity contribution < 1.29 is 4.39 Å². The molecule has 0 aliphatic rings. The van der Waals surface area contributed by atoms with Crippen LogP contribution in [0.15, 0.2) is 24.3 Å². The first-order valence-corrected chi connectivity index (χ1v) is 7.33. The Morgan fingerprint density at radius 2 is 2.00 bits per heavy atom. The molecular weight excluding hydrogens is 253 g/mol. The summed E-state index contributed by atoms with van der Waals surface area (Å²) in [6.07, 6.45) is 0.842. The summed E-state index contributed by atoms with van der Waals surface area (Å²) in [6.45, 7) is 7.37. The van der Waals surface area contributed by atoms with Crippen LogP contribution >= 0.6 is 0 Å². The van der Waals surface area contributed by atoms with Crippen LogP contribution in [-0.4, -0.2) is 49.6 Å². The van der Waals surface area contributed by atoms with Crippen LogP contribution < -0.4 is 5.73 Å². The van der Waals surface area contributed by atoms with E-state index in [0.29, 0.717) is 6.04 Å². The predicted octanol–water partition coefficient (Wildman–Crippen LogP) is 2.49. The van der Waals surface area contributed by atoms with Gasteiger partial charge in [0.1, 0.15) is 5.82 Å². The van der Waals surface area contributed by atoms with E-state index in [1.54, 1.807) is 6.07 Å². The lowest BCUT2D eigenvalue weighted by Gasteiger charge is -2.30. The fraction of sp³-hybridized carbons (Fsp3) is 0.625. The molecule has 3 nitrogen and oxygen atoms in total. The number of hydrogen-bond donors (Lipinski definition) is 1. The van der Waals surface area contributed by atoms with Crippen LogP contribution in [0, 0.1) is 5.82 Å². The Morgan fingerprint density at radius 1 is 1.30 bits per heavy atom. The van der Waals surface area contributed by atoms with Gasteiger partial charge in [0.15, 0.2) is 0 Å². The third-order valence-electron chi connectivity index (χ3n) is 3.66. The van der Waals surface area contributed by atoms with Gasteiger partial charge in [0.25, 0.3) is 0 Å². The van der Waals surface area contributed by atoms with E-state index in [9.17, 15) is 4.39 Å². The van der Waals surface area contributed by atoms with Gasteiger partial charge in [-0.2, -0.15) is 0 Å². The topological polar surface area (TPSA) is 32.5 Å². The summed E-state index contributed by atoms with van der Waals surface area (Å²) in [5.74, 6) is -0.216. The molecule has 4 heteroatoms. The van der Waals surface area contributed by atoms with Gasteiger partial charge in [-0.25, -0.2) is 4.39 Å². The van der Waals surface area contributed by atoms with Crippen LogP contribution in [0.3, 0.4) is 0 Å². The first-order valence-electron chi connectivity index (χ1n) is 7.33. The number of hydrogen-bond acceptors (Lipinski definition) is 3. The predicted molar refractivity (Wildman–Crippen MR) is 83.2 cm³/mol. The molecule has 0 aromatic heterocycles. The first kappa shape index (κ1) is 17.1. The molecule has 2 atom stereocenters. The maximum Gasteiger partial charge on any atom is 0.123 e. The zero-order valence-electron chi connectivity index (χ0n) is 13.1. The van der Waals surface area contributed by atoms with E-state index in [-0.39, 0.29) is 11.9 Å². The van der Waals surface area contributed by atoms with Gasteiger partial charge >= 0.3 is 0 Å². The van der Waals surface area contributed by atoms with Crippen LogP contribution in [0.5, 0.6) is 0 Å². The highest BCUT2D eigenvalue weighted by Gasteiger charge is 2.15. The van der Waals surface area contributed by atoms with Gasteiger partial charge in [-0.1, -0.05) is 19.1 Å². The second-order valence-corrected chi connectivity index (χ2v) is 5.69. The molecule has 0 amide bonds. The van der Waals surface area contributed by atoms with E-state index in [1.165, 1.54) is 12.1 Å². The Morgan fingerprint density at radius 3 is 2.55 bits per heavy atom. The van der Waals surface area contributed by atoms with E-state index in [1.807, 2.05) is 6.07 Å². The summed E-state index contributed by atoms with van der Waals surface area (Å²) in [7, 11) is 4.17. The lowest BCUT2D eigenvalue weighted by molar-refractivity contribution is 0.176. The van der Waals surface area contributed by atoms with Crippen LogP contribution in [0.25, 0.3) is 0 Å². The van der Waals surface area contributed by atoms with E-state index < -0.39 is 0 Å². The first-order chi connectivity index (χ1) is 9.43. The number of likely N-dealkylation sites (N-methyl/N-ethyl adjacent to an activating group) is 2. The molecule has 0 bridgehead atoms. The summed E-state index contributed by atoms with van der Waals surface area (Å²) in [6, 6.07) is 6.99. The Hall–Kier alpha value is -0.970. The van der Waals surface area contributed by atoms with Crippen molar-refractivity contribution in [2.45, 2.75) is 32.4 Å². The average molecular weight is 281 g/mol. The standard InChI is InChI=1S/C16H28FN3/c1-5-20(13(2)12-19(3)4)10-9-16(18)14-7-6-8-15(17)11-14/h6-8,11,13,16H,5,9-10,12,18H2,1-4H3. The minimum atomic E-state index is -0.216. The van der Waals surface area contributed by atoms with Crippen molar-refractivity contribution in [1.82, 2.24) is 9.80 Å². The van der Waals surface area contributed by atoms with Crippen molar-refractivity contribution in [3.05, 3.63) is 35.6 Å². The molecule has 1 rings (SSSR count). The molecule has 2 N–H and O–H groups in total. The van der Waals surface area contributed by atoms with Gasteiger partial charge in [-0.05, 0) is 51.7 Å². The van der Waals surface area contributed by atoms with Crippen molar-refractivity contribution in [2.75, 3.05) is 33.7 Å². The van der Waals surface area contributed by atoms with E-state index in [4.69, 9.17) is 5.73 Å². The zero-order chi connectivity index (χ0) is 15.1. The monoisotopic (exact) mass is 281 g/mol. The maximum atomic E-state index is 13.2. The van der Waals surface area contributed by atoms with Crippen molar-refractivity contribution in [1.29, 1.82) is 0 Å². The smallest absolute Gasteiger partial charge is 0.123 e. The van der Waals surface area contributed by atoms with Crippen molar-refractivity contribution >= 4 is 0 Å². The molecule has 0 heterocycles. The van der Waals surface area contributed by atoms with Gasteiger partial charge < -0.3 is 10.6 Å². The summed E-state index contributed by atoms with van der Waals surface area (Å²) in [5.41, 5.74) is 7.04. The minimum Gasteiger partial charge on any atom is -0.324 e. The SMILES string of the molecule is CCN(CCC(N)c1cccc(F)c1)C(C)CN(C)C. The van der Waals surface area contributed by atoms with Gasteiger partial charge in [-0.3, -0.25) is 4.90 Å². The number of nitrogens with zero attached hydrogens (tertiary/aromatic N) is 2. The van der Waals surface area contributed by atoms with Crippen molar-refractivity contribution in [3.63, 3.8) is 0 Å². The molecule has 114 valence electrons. The molecule has 0 aliphatic carbocycles. The molecular formula is C16H28FN3. The lowest BCUT2D eigenvalue weighted by Crippen LogP contribution is -2.41. The third kappa shape index (κ3) is 5.57. The highest BCUT2D eigenvalue weighted by atomic mass is 19.1. The largest absolute Gasteiger partial charge is 0.324 e. The number of nitrogens with two attached hydrogens (primary N) is 1. The Balaban J connectivity index is 2.51. The summed E-state index contributed by atoms with van der Waals surface area (Å²) < 4.78 is 13.2. The Kier molecular flexibility index (Phi) is 7.13. The van der Waals surface area contributed by atoms with Crippen LogP contribution in [-0.2, 0) is 0 Å². The minimum absolute atomic E-state index is 0.105. The van der Waals surface area contributed by atoms with Gasteiger partial charge in [-0.15, -0.1) is 0 Å². The quantitative estimate of drug-likeness (QED) is 0.794. The molecule has 20 heavy (non-hydrogen) atoms. The second kappa shape index (κ2) is 8.35. The molecule has 0 radical (unpaired) electrons. The molecule has 2 unspecified atom stereocenters. The Labute approximate surface area is 122 Å². The summed E-state index contributed by atoms with van der Waals surface area (Å²) in [4.78, 5) is 4.61. The van der Waals surface area contributed by atoms with E-state index in [2.05, 4.69) is 37.7 Å². The lowest BCUT2D eigenvalue weighted by atomic mass is 10.0. The summed E-state index contributed by atoms with van der Waals surface area (Å²) >= 11 is 0. The molecule has 0 saturated heterocycles. The molecule has 1 aromatic rings. The van der Waals surface area contributed by atoms with Gasteiger partial charge in [0.05, 0.1) is 0 Å². The number of halogens is 1. The fourth-order valence-corrected chi connectivity index (χ4v) is 2.54. The van der Waals surface area contributed by atoms with Gasteiger partial charge in [0.2, 0.25) is 0 Å². The zero-order valence-corrected chi connectivity index (χ0v) is 13.1. The molecule has 0 fully saturated rings. The van der Waals surface area contributed by atoms with Gasteiger partial charge in [0, 0.05) is 25.2 Å². The van der Waals surface area contributed by atoms with Crippen LogP contribution in [0.4, 0.5) is 4.39 Å². The average Bonchev–Trinajstić information content (AvgIpc) is 2.38. The molecule has 0 spiro atoms. The normalized spacial score (nSPS) is 14.8. The van der Waals surface area contributed by atoms with E-state index in [0.717, 1.165) is 31.6 Å². The highest BCUT2D eigenvalue weighted by Crippen LogP contribution is 2.16. The van der Waals surface area contributed by atoms with E-state index >= 15 is 0 Å². The number of rotatable bonds is 8. The van der Waals surface area contributed by atoms with Crippen molar-refractivity contribution in [2.24, 2.45) is 5.73 Å². The molecule has 0 aliphatic heterocycles. The highest BCUT2D eigenvalue weighted by molar-refractivity contribution is 5.19. The second-order valence-electron chi connectivity index (χ2n) is 5.69. The van der Waals surface area contributed by atoms with Crippen LogP contribution in [0.1, 0.15) is 31.9 Å². The maximum absolute atomic E-state index is 13.2. The molecule has 0 saturated carbocycles. The number of benzene rings is 1. The Bertz CT molecular complexity index is 395. The van der Waals surface area contributed by atoms with Crippen LogP contribution in [0.2, 0.25) is 0 Å². The van der Waals surface area contributed by atoms with Crippen molar-refractivity contribution in [3.8, 4) is 0 Å². The summed E-state index contributed by atoms with van der Waals surface area (Å²) in [5, 5.41) is 0.